The van der Waals surface area contributed by atoms with Crippen LogP contribution in [0.1, 0.15) is 11.8 Å². The van der Waals surface area contributed by atoms with Gasteiger partial charge < -0.3 is 10.1 Å². The summed E-state index contributed by atoms with van der Waals surface area (Å²) in [6.45, 7) is 1.82. The summed E-state index contributed by atoms with van der Waals surface area (Å²) in [5, 5.41) is 3.14. The third kappa shape index (κ3) is 3.74. The van der Waals surface area contributed by atoms with E-state index in [1.165, 1.54) is 0 Å². The Morgan fingerprint density at radius 2 is 2.39 bits per heavy atom. The first-order valence-corrected chi connectivity index (χ1v) is 7.49. The van der Waals surface area contributed by atoms with Crippen molar-refractivity contribution in [3.63, 3.8) is 0 Å². The number of aromatic nitrogens is 1. The van der Waals surface area contributed by atoms with Gasteiger partial charge in [-0.1, -0.05) is 6.07 Å². The summed E-state index contributed by atoms with van der Waals surface area (Å²) < 4.78 is 33.3. The van der Waals surface area contributed by atoms with E-state index >= 15 is 0 Å². The van der Waals surface area contributed by atoms with Crippen molar-refractivity contribution in [1.29, 1.82) is 0 Å². The number of pyridine rings is 1. The zero-order valence-corrected chi connectivity index (χ0v) is 10.9. The zero-order valence-electron chi connectivity index (χ0n) is 10.1. The maximum Gasteiger partial charge on any atom is 0.265 e. The molecule has 0 saturated carbocycles. The lowest BCUT2D eigenvalue weighted by Gasteiger charge is -2.29. The van der Waals surface area contributed by atoms with Crippen LogP contribution in [0.2, 0.25) is 0 Å². The lowest BCUT2D eigenvalue weighted by molar-refractivity contribution is -0.0422. The van der Waals surface area contributed by atoms with E-state index in [2.05, 4.69) is 10.3 Å². The molecule has 0 radical (unpaired) electrons. The van der Waals surface area contributed by atoms with Gasteiger partial charge in [0.1, 0.15) is 12.2 Å². The van der Waals surface area contributed by atoms with E-state index in [9.17, 15) is 8.42 Å². The fourth-order valence-electron chi connectivity index (χ4n) is 1.81. The van der Waals surface area contributed by atoms with E-state index in [-0.39, 0.29) is 6.10 Å². The molecular weight excluding hydrogens is 256 g/mol. The molecule has 1 aromatic heterocycles. The van der Waals surface area contributed by atoms with Crippen LogP contribution in [0.15, 0.2) is 24.4 Å². The van der Waals surface area contributed by atoms with E-state index in [1.807, 2.05) is 0 Å². The Kier molecular flexibility index (Phi) is 4.28. The SMILES string of the molecule is CS(=O)(=O)O[C@H](c1ccccn1)[C@@H]1CNCCO1. The molecule has 1 aliphatic heterocycles. The van der Waals surface area contributed by atoms with Gasteiger partial charge in [0.2, 0.25) is 0 Å². The molecule has 100 valence electrons. The summed E-state index contributed by atoms with van der Waals surface area (Å²) in [5.74, 6) is 0. The number of hydrogen-bond acceptors (Lipinski definition) is 6. The number of hydrogen-bond donors (Lipinski definition) is 1. The Bertz CT molecular complexity index is 471. The van der Waals surface area contributed by atoms with Crippen molar-refractivity contribution in [3.8, 4) is 0 Å². The van der Waals surface area contributed by atoms with Crippen LogP contribution >= 0.6 is 0 Å². The highest BCUT2D eigenvalue weighted by Crippen LogP contribution is 2.24. The van der Waals surface area contributed by atoms with Crippen molar-refractivity contribution in [1.82, 2.24) is 10.3 Å². The summed E-state index contributed by atoms with van der Waals surface area (Å²) in [7, 11) is -3.57. The second-order valence-corrected chi connectivity index (χ2v) is 5.69. The number of ether oxygens (including phenoxy) is 1. The Morgan fingerprint density at radius 3 is 2.94 bits per heavy atom. The van der Waals surface area contributed by atoms with Crippen LogP contribution in [0.5, 0.6) is 0 Å². The highest BCUT2D eigenvalue weighted by atomic mass is 32.2. The molecule has 1 aliphatic rings. The topological polar surface area (TPSA) is 77.5 Å². The largest absolute Gasteiger partial charge is 0.372 e. The lowest BCUT2D eigenvalue weighted by atomic mass is 10.1. The molecule has 0 aromatic carbocycles. The van der Waals surface area contributed by atoms with Gasteiger partial charge in [0.25, 0.3) is 10.1 Å². The van der Waals surface area contributed by atoms with E-state index in [0.29, 0.717) is 18.8 Å². The highest BCUT2D eigenvalue weighted by molar-refractivity contribution is 7.86. The number of nitrogens with zero attached hydrogens (tertiary/aromatic N) is 1. The number of morpholine rings is 1. The van der Waals surface area contributed by atoms with Gasteiger partial charge >= 0.3 is 0 Å². The van der Waals surface area contributed by atoms with Crippen LogP contribution < -0.4 is 5.32 Å². The van der Waals surface area contributed by atoms with Gasteiger partial charge in [-0.25, -0.2) is 0 Å². The summed E-state index contributed by atoms with van der Waals surface area (Å²) in [6.07, 6.45) is 1.56. The zero-order chi connectivity index (χ0) is 13.0. The molecule has 18 heavy (non-hydrogen) atoms. The molecule has 1 fully saturated rings. The molecule has 2 atom stereocenters. The molecule has 0 unspecified atom stereocenters. The molecule has 0 spiro atoms. The molecule has 7 heteroatoms. The van der Waals surface area contributed by atoms with Crippen LogP contribution in [0.25, 0.3) is 0 Å². The lowest BCUT2D eigenvalue weighted by Crippen LogP contribution is -2.43. The smallest absolute Gasteiger partial charge is 0.265 e. The number of rotatable bonds is 4. The predicted molar refractivity (Wildman–Crippen MR) is 65.5 cm³/mol. The third-order valence-corrected chi connectivity index (χ3v) is 3.11. The van der Waals surface area contributed by atoms with Gasteiger partial charge in [-0.05, 0) is 12.1 Å². The molecule has 0 amide bonds. The minimum Gasteiger partial charge on any atom is -0.372 e. The highest BCUT2D eigenvalue weighted by Gasteiger charge is 2.30. The fourth-order valence-corrected chi connectivity index (χ4v) is 2.41. The van der Waals surface area contributed by atoms with E-state index in [1.54, 1.807) is 24.4 Å². The maximum atomic E-state index is 11.3. The minimum absolute atomic E-state index is 0.358. The molecule has 2 rings (SSSR count). The van der Waals surface area contributed by atoms with Gasteiger partial charge in [0.15, 0.2) is 0 Å². The fraction of sp³-hybridized carbons (Fsp3) is 0.545. The van der Waals surface area contributed by atoms with Crippen molar-refractivity contribution in [2.75, 3.05) is 26.0 Å². The molecule has 1 aromatic rings. The first-order chi connectivity index (χ1) is 8.56. The van der Waals surface area contributed by atoms with Gasteiger partial charge in [-0.15, -0.1) is 0 Å². The van der Waals surface area contributed by atoms with E-state index in [4.69, 9.17) is 8.92 Å². The predicted octanol–water partition coefficient (Wildman–Crippen LogP) is 0.0873. The number of nitrogens with one attached hydrogen (secondary N) is 1. The Balaban J connectivity index is 2.22. The first-order valence-electron chi connectivity index (χ1n) is 5.68. The van der Waals surface area contributed by atoms with Crippen molar-refractivity contribution < 1.29 is 17.3 Å². The molecule has 0 bridgehead atoms. The van der Waals surface area contributed by atoms with E-state index in [0.717, 1.165) is 12.8 Å². The Morgan fingerprint density at radius 1 is 1.56 bits per heavy atom. The first kappa shape index (κ1) is 13.4. The van der Waals surface area contributed by atoms with Crippen LogP contribution in [0.3, 0.4) is 0 Å². The molecule has 1 saturated heterocycles. The van der Waals surface area contributed by atoms with Gasteiger partial charge in [0, 0.05) is 19.3 Å². The van der Waals surface area contributed by atoms with Gasteiger partial charge in [-0.2, -0.15) is 8.42 Å². The Hall–Kier alpha value is -1.02. The van der Waals surface area contributed by atoms with Crippen LogP contribution in [-0.4, -0.2) is 45.5 Å². The molecule has 0 aliphatic carbocycles. The quantitative estimate of drug-likeness (QED) is 0.783. The van der Waals surface area contributed by atoms with Crippen molar-refractivity contribution >= 4 is 10.1 Å². The molecule has 2 heterocycles. The summed E-state index contributed by atoms with van der Waals surface area (Å²) in [4.78, 5) is 4.14. The maximum absolute atomic E-state index is 11.3. The molecular formula is C11H16N2O4S. The van der Waals surface area contributed by atoms with E-state index < -0.39 is 16.2 Å². The summed E-state index contributed by atoms with van der Waals surface area (Å²) in [6, 6.07) is 5.28. The second kappa shape index (κ2) is 5.75. The average molecular weight is 272 g/mol. The van der Waals surface area contributed by atoms with Crippen LogP contribution in [0, 0.1) is 0 Å². The Labute approximate surface area is 106 Å². The van der Waals surface area contributed by atoms with Crippen molar-refractivity contribution in [2.45, 2.75) is 12.2 Å². The second-order valence-electron chi connectivity index (χ2n) is 4.09. The van der Waals surface area contributed by atoms with Crippen molar-refractivity contribution in [3.05, 3.63) is 30.1 Å². The third-order valence-electron chi connectivity index (χ3n) is 2.55. The molecule has 6 nitrogen and oxygen atoms in total. The standard InChI is InChI=1S/C11H16N2O4S/c1-18(14,15)17-11(9-4-2-3-5-13-9)10-8-12-6-7-16-10/h2-5,10-12H,6-8H2,1H3/t10-,11+/m0/s1. The van der Waals surface area contributed by atoms with Crippen LogP contribution in [0.4, 0.5) is 0 Å². The minimum atomic E-state index is -3.57. The van der Waals surface area contributed by atoms with Gasteiger partial charge in [0.05, 0.1) is 18.6 Å². The van der Waals surface area contributed by atoms with Gasteiger partial charge in [-0.3, -0.25) is 9.17 Å². The normalized spacial score (nSPS) is 22.6. The summed E-state index contributed by atoms with van der Waals surface area (Å²) in [5.41, 5.74) is 0.552. The monoisotopic (exact) mass is 272 g/mol. The molecule has 1 N–H and O–H groups in total. The van der Waals surface area contributed by atoms with Crippen molar-refractivity contribution in [2.24, 2.45) is 0 Å². The van der Waals surface area contributed by atoms with Crippen LogP contribution in [-0.2, 0) is 19.0 Å². The summed E-state index contributed by atoms with van der Waals surface area (Å²) >= 11 is 0. The average Bonchev–Trinajstić information content (AvgIpc) is 2.37.